The molecule has 1 amide bonds. The molecule has 0 bridgehead atoms. The van der Waals surface area contributed by atoms with Crippen LogP contribution in [-0.2, 0) is 16.0 Å². The fourth-order valence-corrected chi connectivity index (χ4v) is 5.13. The van der Waals surface area contributed by atoms with Crippen molar-refractivity contribution in [1.82, 2.24) is 15.3 Å². The first-order valence-electron chi connectivity index (χ1n) is 9.73. The van der Waals surface area contributed by atoms with Gasteiger partial charge >= 0.3 is 0 Å². The predicted octanol–water partition coefficient (Wildman–Crippen LogP) is 3.09. The molecule has 3 aromatic rings. The normalized spacial score (nSPS) is 21.6. The van der Waals surface area contributed by atoms with E-state index >= 15 is 0 Å². The summed E-state index contributed by atoms with van der Waals surface area (Å²) in [6.07, 6.45) is 4.31. The van der Waals surface area contributed by atoms with Gasteiger partial charge in [-0.05, 0) is 42.0 Å². The van der Waals surface area contributed by atoms with Crippen LogP contribution in [0.1, 0.15) is 29.4 Å². The summed E-state index contributed by atoms with van der Waals surface area (Å²) in [5.41, 5.74) is 2.13. The zero-order chi connectivity index (χ0) is 18.9. The number of amides is 1. The van der Waals surface area contributed by atoms with Gasteiger partial charge in [0, 0.05) is 29.8 Å². The van der Waals surface area contributed by atoms with E-state index in [9.17, 15) is 4.79 Å². The highest BCUT2D eigenvalue weighted by Gasteiger charge is 2.33. The number of anilines is 1. The Bertz CT molecular complexity index is 999. The van der Waals surface area contributed by atoms with Crippen LogP contribution in [0.5, 0.6) is 0 Å². The predicted molar refractivity (Wildman–Crippen MR) is 110 cm³/mol. The third-order valence-corrected chi connectivity index (χ3v) is 6.58. The van der Waals surface area contributed by atoms with E-state index in [1.165, 1.54) is 10.4 Å². The Hall–Kier alpha value is -2.51. The molecule has 28 heavy (non-hydrogen) atoms. The van der Waals surface area contributed by atoms with Crippen LogP contribution >= 0.6 is 11.3 Å². The second-order valence-corrected chi connectivity index (χ2v) is 8.22. The number of benzene rings is 1. The molecule has 1 saturated heterocycles. The lowest BCUT2D eigenvalue weighted by Gasteiger charge is -2.28. The van der Waals surface area contributed by atoms with Crippen LogP contribution in [0.25, 0.3) is 10.9 Å². The van der Waals surface area contributed by atoms with Crippen LogP contribution in [0.3, 0.4) is 0 Å². The fraction of sp³-hybridized carbons (Fsp3) is 0.381. The molecule has 0 unspecified atom stereocenters. The van der Waals surface area contributed by atoms with E-state index < -0.39 is 0 Å². The van der Waals surface area contributed by atoms with Gasteiger partial charge in [0.25, 0.3) is 0 Å². The van der Waals surface area contributed by atoms with Crippen molar-refractivity contribution in [1.29, 1.82) is 0 Å². The second-order valence-electron chi connectivity index (χ2n) is 7.22. The van der Waals surface area contributed by atoms with Crippen LogP contribution in [0, 0.1) is 0 Å². The second kappa shape index (κ2) is 7.48. The summed E-state index contributed by atoms with van der Waals surface area (Å²) in [6.45, 7) is 2.06. The van der Waals surface area contributed by atoms with Gasteiger partial charge in [0.05, 0.1) is 12.1 Å². The van der Waals surface area contributed by atoms with Gasteiger partial charge in [0.1, 0.15) is 24.3 Å². The lowest BCUT2D eigenvalue weighted by Crippen LogP contribution is -2.45. The molecule has 4 heterocycles. The van der Waals surface area contributed by atoms with Crippen LogP contribution < -0.4 is 10.2 Å². The highest BCUT2D eigenvalue weighted by Crippen LogP contribution is 2.32. The highest BCUT2D eigenvalue weighted by molar-refractivity contribution is 7.10. The molecule has 0 radical (unpaired) electrons. The van der Waals surface area contributed by atoms with Gasteiger partial charge < -0.3 is 15.0 Å². The summed E-state index contributed by atoms with van der Waals surface area (Å²) in [7, 11) is 0. The van der Waals surface area contributed by atoms with Crippen molar-refractivity contribution in [3.05, 3.63) is 52.5 Å². The van der Waals surface area contributed by atoms with E-state index in [1.54, 1.807) is 17.7 Å². The summed E-state index contributed by atoms with van der Waals surface area (Å²) < 4.78 is 5.90. The third-order valence-electron chi connectivity index (χ3n) is 5.59. The summed E-state index contributed by atoms with van der Waals surface area (Å²) >= 11 is 1.77. The maximum Gasteiger partial charge on any atom is 0.242 e. The molecular weight excluding hydrogens is 372 g/mol. The van der Waals surface area contributed by atoms with Crippen molar-refractivity contribution >= 4 is 34.0 Å². The average molecular weight is 395 g/mol. The van der Waals surface area contributed by atoms with E-state index in [1.807, 2.05) is 24.3 Å². The third kappa shape index (κ3) is 3.14. The highest BCUT2D eigenvalue weighted by atomic mass is 32.1. The number of thiophene rings is 1. The Morgan fingerprint density at radius 3 is 3.18 bits per heavy atom. The summed E-state index contributed by atoms with van der Waals surface area (Å²) in [5.74, 6) is 0.892. The molecule has 0 aliphatic carbocycles. The van der Waals surface area contributed by atoms with Crippen LogP contribution in [-0.4, -0.2) is 41.6 Å². The monoisotopic (exact) mass is 394 g/mol. The van der Waals surface area contributed by atoms with Crippen molar-refractivity contribution in [3.63, 3.8) is 0 Å². The van der Waals surface area contributed by atoms with Crippen LogP contribution in [0.15, 0.2) is 42.0 Å². The van der Waals surface area contributed by atoms with Gasteiger partial charge in [-0.1, -0.05) is 12.1 Å². The Labute approximate surface area is 167 Å². The van der Waals surface area contributed by atoms with Crippen molar-refractivity contribution in [2.24, 2.45) is 0 Å². The number of carbonyl (C=O) groups is 1. The van der Waals surface area contributed by atoms with Crippen LogP contribution in [0.2, 0.25) is 0 Å². The number of hydrogen-bond acceptors (Lipinski definition) is 6. The van der Waals surface area contributed by atoms with Gasteiger partial charge in [0.2, 0.25) is 5.91 Å². The van der Waals surface area contributed by atoms with Gasteiger partial charge in [-0.15, -0.1) is 11.3 Å². The number of fused-ring (bicyclic) bond motifs is 2. The Morgan fingerprint density at radius 2 is 2.21 bits per heavy atom. The van der Waals surface area contributed by atoms with Crippen molar-refractivity contribution in [2.45, 2.75) is 31.4 Å². The molecule has 0 spiro atoms. The van der Waals surface area contributed by atoms with E-state index in [0.717, 1.165) is 49.1 Å². The topological polar surface area (TPSA) is 67.3 Å². The zero-order valence-corrected chi connectivity index (χ0v) is 16.3. The number of aromatic nitrogens is 2. The van der Waals surface area contributed by atoms with E-state index in [2.05, 4.69) is 31.6 Å². The number of nitrogens with one attached hydrogen (secondary N) is 1. The summed E-state index contributed by atoms with van der Waals surface area (Å²) in [4.78, 5) is 25.4. The fourth-order valence-electron chi connectivity index (χ4n) is 4.22. The lowest BCUT2D eigenvalue weighted by atomic mass is 10.1. The van der Waals surface area contributed by atoms with E-state index in [-0.39, 0.29) is 18.1 Å². The molecular formula is C21H22N4O2S. The number of carbonyl (C=O) groups excluding carboxylic acids is 1. The van der Waals surface area contributed by atoms with Gasteiger partial charge in [-0.3, -0.25) is 4.79 Å². The molecule has 6 nitrogen and oxygen atoms in total. The largest absolute Gasteiger partial charge is 0.371 e. The minimum absolute atomic E-state index is 0.0474. The molecule has 2 atom stereocenters. The van der Waals surface area contributed by atoms with E-state index in [0.29, 0.717) is 6.54 Å². The minimum Gasteiger partial charge on any atom is -0.371 e. The quantitative estimate of drug-likeness (QED) is 0.737. The Balaban J connectivity index is 1.32. The Morgan fingerprint density at radius 1 is 1.29 bits per heavy atom. The molecule has 1 aromatic carbocycles. The molecule has 1 fully saturated rings. The zero-order valence-electron chi connectivity index (χ0n) is 15.5. The molecule has 2 aliphatic heterocycles. The molecule has 7 heteroatoms. The lowest BCUT2D eigenvalue weighted by molar-refractivity contribution is -0.123. The minimum atomic E-state index is -0.205. The van der Waals surface area contributed by atoms with Crippen molar-refractivity contribution in [3.8, 4) is 0 Å². The van der Waals surface area contributed by atoms with Gasteiger partial charge in [-0.25, -0.2) is 9.97 Å². The number of para-hydroxylation sites is 1. The molecule has 2 aromatic heterocycles. The molecule has 1 N–H and O–H groups in total. The smallest absolute Gasteiger partial charge is 0.242 e. The number of hydrogen-bond donors (Lipinski definition) is 1. The van der Waals surface area contributed by atoms with E-state index in [4.69, 9.17) is 4.74 Å². The van der Waals surface area contributed by atoms with Crippen molar-refractivity contribution < 1.29 is 9.53 Å². The SMILES string of the molecule is O=C(NC[C@@H]1OCCc2sccc21)[C@H]1CCCN1c1ncnc2ccccc12. The average Bonchev–Trinajstić information content (AvgIpc) is 3.41. The summed E-state index contributed by atoms with van der Waals surface area (Å²) in [6, 6.07) is 9.86. The number of rotatable bonds is 4. The summed E-state index contributed by atoms with van der Waals surface area (Å²) in [5, 5.41) is 6.22. The first kappa shape index (κ1) is 17.6. The van der Waals surface area contributed by atoms with Gasteiger partial charge in [-0.2, -0.15) is 0 Å². The molecule has 2 aliphatic rings. The molecule has 5 rings (SSSR count). The van der Waals surface area contributed by atoms with Crippen LogP contribution in [0.4, 0.5) is 5.82 Å². The first-order chi connectivity index (χ1) is 13.8. The Kier molecular flexibility index (Phi) is 4.70. The molecule has 144 valence electrons. The maximum absolute atomic E-state index is 13.0. The molecule has 0 saturated carbocycles. The standard InChI is InChI=1S/C21H22N4O2S/c26-21(22-12-18-15-8-11-28-19(15)7-10-27-18)17-6-3-9-25(17)20-14-4-1-2-5-16(14)23-13-24-20/h1-2,4-5,8,11,13,17-18H,3,6-7,9-10,12H2,(H,22,26)/t17-,18+/m1/s1. The first-order valence-corrected chi connectivity index (χ1v) is 10.6. The van der Waals surface area contributed by atoms with Crippen molar-refractivity contribution in [2.75, 3.05) is 24.6 Å². The number of nitrogens with zero attached hydrogens (tertiary/aromatic N) is 3. The van der Waals surface area contributed by atoms with Gasteiger partial charge in [0.15, 0.2) is 0 Å². The number of ether oxygens (including phenoxy) is 1. The maximum atomic E-state index is 13.0.